The molecule has 1 atom stereocenters. The number of nitrogens with one attached hydrogen (secondary N) is 1. The van der Waals surface area contributed by atoms with Gasteiger partial charge in [-0.25, -0.2) is 0 Å². The second kappa shape index (κ2) is 5.01. The fourth-order valence-electron chi connectivity index (χ4n) is 1.13. The van der Waals surface area contributed by atoms with E-state index in [4.69, 9.17) is 0 Å². The first-order valence-corrected chi connectivity index (χ1v) is 5.33. The maximum absolute atomic E-state index is 11.6. The van der Waals surface area contributed by atoms with Crippen molar-refractivity contribution in [3.8, 4) is 0 Å². The number of carbonyl (C=O) groups is 1. The Kier molecular flexibility index (Phi) is 5.00. The summed E-state index contributed by atoms with van der Waals surface area (Å²) in [5, 5.41) is 3.26. The standard InChI is InChI=1S/C10H21NOS/c1-7(2)9(12)8(6-13)11-10(3,4)5/h7-8,11,13H,6H2,1-5H3. The van der Waals surface area contributed by atoms with E-state index in [1.807, 2.05) is 13.8 Å². The summed E-state index contributed by atoms with van der Waals surface area (Å²) in [6.07, 6.45) is 0. The monoisotopic (exact) mass is 203 g/mol. The van der Waals surface area contributed by atoms with Crippen molar-refractivity contribution in [2.24, 2.45) is 5.92 Å². The second-order valence-corrected chi connectivity index (χ2v) is 5.05. The Hall–Kier alpha value is -0.0200. The molecule has 0 aliphatic heterocycles. The molecule has 0 saturated heterocycles. The summed E-state index contributed by atoms with van der Waals surface area (Å²) in [6.45, 7) is 10.00. The predicted molar refractivity (Wildman–Crippen MR) is 60.4 cm³/mol. The number of thiol groups is 1. The van der Waals surface area contributed by atoms with Crippen molar-refractivity contribution in [1.29, 1.82) is 0 Å². The van der Waals surface area contributed by atoms with Gasteiger partial charge in [0.2, 0.25) is 0 Å². The Labute approximate surface area is 86.9 Å². The van der Waals surface area contributed by atoms with Crippen molar-refractivity contribution in [2.75, 3.05) is 5.75 Å². The zero-order valence-corrected chi connectivity index (χ0v) is 10.1. The van der Waals surface area contributed by atoms with Gasteiger partial charge in [-0.15, -0.1) is 0 Å². The van der Waals surface area contributed by atoms with Crippen LogP contribution in [0.1, 0.15) is 34.6 Å². The van der Waals surface area contributed by atoms with Gasteiger partial charge in [-0.1, -0.05) is 13.8 Å². The summed E-state index contributed by atoms with van der Waals surface area (Å²) in [5.41, 5.74) is -0.0298. The summed E-state index contributed by atoms with van der Waals surface area (Å²) in [4.78, 5) is 11.6. The van der Waals surface area contributed by atoms with E-state index in [-0.39, 0.29) is 23.3 Å². The molecule has 0 aliphatic rings. The van der Waals surface area contributed by atoms with Crippen LogP contribution in [-0.4, -0.2) is 23.1 Å². The van der Waals surface area contributed by atoms with Crippen LogP contribution in [0.15, 0.2) is 0 Å². The average molecular weight is 203 g/mol. The minimum absolute atomic E-state index is 0.0298. The van der Waals surface area contributed by atoms with Gasteiger partial charge < -0.3 is 5.32 Å². The number of hydrogen-bond acceptors (Lipinski definition) is 3. The van der Waals surface area contributed by atoms with Crippen LogP contribution in [0.4, 0.5) is 0 Å². The van der Waals surface area contributed by atoms with Gasteiger partial charge in [-0.3, -0.25) is 4.79 Å². The fourth-order valence-corrected chi connectivity index (χ4v) is 1.40. The van der Waals surface area contributed by atoms with E-state index in [9.17, 15) is 4.79 Å². The first kappa shape index (κ1) is 13.0. The van der Waals surface area contributed by atoms with Crippen molar-refractivity contribution >= 4 is 18.4 Å². The van der Waals surface area contributed by atoms with Crippen molar-refractivity contribution in [1.82, 2.24) is 5.32 Å². The van der Waals surface area contributed by atoms with E-state index in [1.165, 1.54) is 0 Å². The molecule has 0 amide bonds. The SMILES string of the molecule is CC(C)C(=O)C(CS)NC(C)(C)C. The molecule has 0 rings (SSSR count). The lowest BCUT2D eigenvalue weighted by Gasteiger charge is -2.27. The first-order chi connectivity index (χ1) is 5.78. The number of ketones is 1. The summed E-state index contributed by atoms with van der Waals surface area (Å²) < 4.78 is 0. The molecule has 0 radical (unpaired) electrons. The maximum Gasteiger partial charge on any atom is 0.153 e. The van der Waals surface area contributed by atoms with Gasteiger partial charge in [0.1, 0.15) is 0 Å². The molecule has 0 fully saturated rings. The van der Waals surface area contributed by atoms with Crippen LogP contribution in [0.2, 0.25) is 0 Å². The molecule has 2 nitrogen and oxygen atoms in total. The van der Waals surface area contributed by atoms with Gasteiger partial charge in [-0.05, 0) is 20.8 Å². The fraction of sp³-hybridized carbons (Fsp3) is 0.900. The Bertz CT molecular complexity index is 172. The van der Waals surface area contributed by atoms with Gasteiger partial charge >= 0.3 is 0 Å². The van der Waals surface area contributed by atoms with Gasteiger partial charge in [0.15, 0.2) is 5.78 Å². The third kappa shape index (κ3) is 5.32. The van der Waals surface area contributed by atoms with Crippen LogP contribution >= 0.6 is 12.6 Å². The molecule has 13 heavy (non-hydrogen) atoms. The molecule has 0 aromatic heterocycles. The number of Topliss-reactive ketones (excluding diaryl/α,β-unsaturated/α-hetero) is 1. The summed E-state index contributed by atoms with van der Waals surface area (Å²) in [6, 6.07) is -0.122. The first-order valence-electron chi connectivity index (χ1n) is 4.70. The van der Waals surface area contributed by atoms with E-state index >= 15 is 0 Å². The molecule has 1 unspecified atom stereocenters. The molecule has 0 aromatic carbocycles. The lowest BCUT2D eigenvalue weighted by atomic mass is 9.99. The van der Waals surface area contributed by atoms with Crippen molar-refractivity contribution < 1.29 is 4.79 Å². The lowest BCUT2D eigenvalue weighted by Crippen LogP contribution is -2.50. The van der Waals surface area contributed by atoms with Crippen LogP contribution in [0.5, 0.6) is 0 Å². The van der Waals surface area contributed by atoms with Crippen LogP contribution < -0.4 is 5.32 Å². The van der Waals surface area contributed by atoms with E-state index in [1.54, 1.807) is 0 Å². The Balaban J connectivity index is 4.27. The van der Waals surface area contributed by atoms with Gasteiger partial charge in [-0.2, -0.15) is 12.6 Å². The van der Waals surface area contributed by atoms with E-state index in [0.717, 1.165) is 0 Å². The summed E-state index contributed by atoms with van der Waals surface area (Å²) in [7, 11) is 0. The molecule has 3 heteroatoms. The van der Waals surface area contributed by atoms with E-state index < -0.39 is 0 Å². The molecule has 0 bridgehead atoms. The molecule has 1 N–H and O–H groups in total. The maximum atomic E-state index is 11.6. The second-order valence-electron chi connectivity index (χ2n) is 4.69. The zero-order valence-electron chi connectivity index (χ0n) is 9.22. The Morgan fingerprint density at radius 3 is 2.08 bits per heavy atom. The topological polar surface area (TPSA) is 29.1 Å². The van der Waals surface area contributed by atoms with Crippen molar-refractivity contribution in [3.63, 3.8) is 0 Å². The molecule has 0 aromatic rings. The van der Waals surface area contributed by atoms with Crippen molar-refractivity contribution in [2.45, 2.75) is 46.2 Å². The molecular formula is C10H21NOS. The lowest BCUT2D eigenvalue weighted by molar-refractivity contribution is -0.123. The smallest absolute Gasteiger partial charge is 0.153 e. The minimum Gasteiger partial charge on any atom is -0.302 e. The number of rotatable bonds is 4. The molecular weight excluding hydrogens is 182 g/mol. The highest BCUT2D eigenvalue weighted by Crippen LogP contribution is 2.07. The van der Waals surface area contributed by atoms with Gasteiger partial charge in [0.25, 0.3) is 0 Å². The normalized spacial score (nSPS) is 14.7. The predicted octanol–water partition coefficient (Wildman–Crippen LogP) is 1.90. The van der Waals surface area contributed by atoms with Crippen molar-refractivity contribution in [3.05, 3.63) is 0 Å². The third-order valence-electron chi connectivity index (χ3n) is 1.70. The van der Waals surface area contributed by atoms with Crippen LogP contribution in [-0.2, 0) is 4.79 Å². The molecule has 0 saturated carbocycles. The van der Waals surface area contributed by atoms with Crippen LogP contribution in [0.3, 0.4) is 0 Å². The Morgan fingerprint density at radius 2 is 1.85 bits per heavy atom. The minimum atomic E-state index is -0.122. The highest BCUT2D eigenvalue weighted by atomic mass is 32.1. The zero-order chi connectivity index (χ0) is 10.6. The number of carbonyl (C=O) groups excluding carboxylic acids is 1. The summed E-state index contributed by atoms with van der Waals surface area (Å²) >= 11 is 4.18. The molecule has 78 valence electrons. The highest BCUT2D eigenvalue weighted by molar-refractivity contribution is 7.80. The van der Waals surface area contributed by atoms with E-state index in [2.05, 4.69) is 38.7 Å². The molecule has 0 heterocycles. The quantitative estimate of drug-likeness (QED) is 0.683. The highest BCUT2D eigenvalue weighted by Gasteiger charge is 2.23. The largest absolute Gasteiger partial charge is 0.302 e. The summed E-state index contributed by atoms with van der Waals surface area (Å²) in [5.74, 6) is 0.880. The number of hydrogen-bond donors (Lipinski definition) is 2. The molecule has 0 spiro atoms. The molecule has 0 aliphatic carbocycles. The van der Waals surface area contributed by atoms with Gasteiger partial charge in [0.05, 0.1) is 6.04 Å². The van der Waals surface area contributed by atoms with Crippen LogP contribution in [0.25, 0.3) is 0 Å². The van der Waals surface area contributed by atoms with Crippen LogP contribution in [0, 0.1) is 5.92 Å². The Morgan fingerprint density at radius 1 is 1.38 bits per heavy atom. The van der Waals surface area contributed by atoms with Gasteiger partial charge in [0, 0.05) is 17.2 Å². The third-order valence-corrected chi connectivity index (χ3v) is 2.07. The van der Waals surface area contributed by atoms with E-state index in [0.29, 0.717) is 5.75 Å². The average Bonchev–Trinajstić information content (AvgIpc) is 1.97.